The number of hydrogen-bond acceptors (Lipinski definition) is 4. The highest BCUT2D eigenvalue weighted by molar-refractivity contribution is 5.94. The third kappa shape index (κ3) is 4.63. The minimum absolute atomic E-state index is 0.119. The third-order valence-electron chi connectivity index (χ3n) is 2.36. The van der Waals surface area contributed by atoms with Crippen LogP contribution >= 0.6 is 0 Å². The highest BCUT2D eigenvalue weighted by Crippen LogP contribution is 2.24. The van der Waals surface area contributed by atoms with E-state index in [4.69, 9.17) is 15.2 Å². The Bertz CT molecular complexity index is 394. The minimum atomic E-state index is -0.119. The molecule has 100 valence electrons. The van der Waals surface area contributed by atoms with Crippen molar-refractivity contribution in [2.45, 2.75) is 19.8 Å². The van der Waals surface area contributed by atoms with Crippen LogP contribution in [0, 0.1) is 0 Å². The molecule has 0 aliphatic rings. The Labute approximate surface area is 107 Å². The topological polar surface area (TPSA) is 73.6 Å². The fraction of sp³-hybridized carbons (Fsp3) is 0.462. The van der Waals surface area contributed by atoms with Crippen LogP contribution < -0.4 is 15.8 Å². The Morgan fingerprint density at radius 3 is 2.83 bits per heavy atom. The SMILES string of the molecule is CCCOCCC(=O)Nc1cc(OC)ccc1N. The Morgan fingerprint density at radius 2 is 2.17 bits per heavy atom. The van der Waals surface area contributed by atoms with E-state index in [0.717, 1.165) is 6.42 Å². The van der Waals surface area contributed by atoms with Gasteiger partial charge < -0.3 is 20.5 Å². The third-order valence-corrected chi connectivity index (χ3v) is 2.36. The number of anilines is 2. The molecule has 0 saturated heterocycles. The van der Waals surface area contributed by atoms with E-state index in [2.05, 4.69) is 5.32 Å². The van der Waals surface area contributed by atoms with Gasteiger partial charge in [-0.1, -0.05) is 6.92 Å². The molecule has 5 nitrogen and oxygen atoms in total. The molecular weight excluding hydrogens is 232 g/mol. The second kappa shape index (κ2) is 7.55. The van der Waals surface area contributed by atoms with Crippen molar-refractivity contribution in [2.75, 3.05) is 31.4 Å². The lowest BCUT2D eigenvalue weighted by Gasteiger charge is -2.10. The molecule has 3 N–H and O–H groups in total. The lowest BCUT2D eigenvalue weighted by Crippen LogP contribution is -2.15. The molecule has 0 aromatic heterocycles. The van der Waals surface area contributed by atoms with Crippen LogP contribution in [-0.4, -0.2) is 26.2 Å². The van der Waals surface area contributed by atoms with Crippen molar-refractivity contribution in [3.05, 3.63) is 18.2 Å². The van der Waals surface area contributed by atoms with E-state index in [1.807, 2.05) is 6.92 Å². The highest BCUT2D eigenvalue weighted by atomic mass is 16.5. The van der Waals surface area contributed by atoms with Gasteiger partial charge >= 0.3 is 0 Å². The monoisotopic (exact) mass is 252 g/mol. The van der Waals surface area contributed by atoms with Gasteiger partial charge in [-0.2, -0.15) is 0 Å². The zero-order chi connectivity index (χ0) is 13.4. The van der Waals surface area contributed by atoms with Gasteiger partial charge in [0.1, 0.15) is 5.75 Å². The van der Waals surface area contributed by atoms with Gasteiger partial charge in [0.25, 0.3) is 0 Å². The molecule has 0 fully saturated rings. The maximum atomic E-state index is 11.6. The summed E-state index contributed by atoms with van der Waals surface area (Å²) >= 11 is 0. The lowest BCUT2D eigenvalue weighted by atomic mass is 10.2. The first-order valence-corrected chi connectivity index (χ1v) is 5.98. The number of nitrogens with one attached hydrogen (secondary N) is 1. The average molecular weight is 252 g/mol. The second-order valence-electron chi connectivity index (χ2n) is 3.86. The number of amides is 1. The van der Waals surface area contributed by atoms with Crippen LogP contribution in [0.25, 0.3) is 0 Å². The molecule has 0 aliphatic carbocycles. The average Bonchev–Trinajstić information content (AvgIpc) is 2.37. The van der Waals surface area contributed by atoms with E-state index in [0.29, 0.717) is 36.8 Å². The fourth-order valence-electron chi connectivity index (χ4n) is 1.39. The number of methoxy groups -OCH3 is 1. The number of benzene rings is 1. The van der Waals surface area contributed by atoms with Gasteiger partial charge in [-0.25, -0.2) is 0 Å². The van der Waals surface area contributed by atoms with Gasteiger partial charge in [0.2, 0.25) is 5.91 Å². The van der Waals surface area contributed by atoms with E-state index in [9.17, 15) is 4.79 Å². The van der Waals surface area contributed by atoms with Crippen LogP contribution in [0.4, 0.5) is 11.4 Å². The van der Waals surface area contributed by atoms with Crippen molar-refractivity contribution in [2.24, 2.45) is 0 Å². The zero-order valence-electron chi connectivity index (χ0n) is 10.9. The standard InChI is InChI=1S/C13H20N2O3/c1-3-7-18-8-6-13(16)15-12-9-10(17-2)4-5-11(12)14/h4-5,9H,3,6-8,14H2,1-2H3,(H,15,16). The summed E-state index contributed by atoms with van der Waals surface area (Å²) in [4.78, 5) is 11.6. The van der Waals surface area contributed by atoms with Gasteiger partial charge in [-0.05, 0) is 18.6 Å². The molecule has 1 aromatic rings. The fourth-order valence-corrected chi connectivity index (χ4v) is 1.39. The quantitative estimate of drug-likeness (QED) is 0.575. The number of nitrogen functional groups attached to an aromatic ring is 1. The van der Waals surface area contributed by atoms with E-state index in [1.165, 1.54) is 0 Å². The molecule has 18 heavy (non-hydrogen) atoms. The molecule has 0 heterocycles. The van der Waals surface area contributed by atoms with Crippen molar-refractivity contribution in [3.8, 4) is 5.75 Å². The first-order chi connectivity index (χ1) is 8.67. The van der Waals surface area contributed by atoms with Crippen molar-refractivity contribution in [1.82, 2.24) is 0 Å². The molecule has 0 bridgehead atoms. The molecule has 1 aromatic carbocycles. The Balaban J connectivity index is 2.48. The van der Waals surface area contributed by atoms with E-state index in [-0.39, 0.29) is 5.91 Å². The van der Waals surface area contributed by atoms with Crippen LogP contribution in [-0.2, 0) is 9.53 Å². The van der Waals surface area contributed by atoms with Crippen LogP contribution in [0.2, 0.25) is 0 Å². The summed E-state index contributed by atoms with van der Waals surface area (Å²) in [7, 11) is 1.57. The molecule has 0 radical (unpaired) electrons. The molecule has 0 atom stereocenters. The summed E-state index contributed by atoms with van der Waals surface area (Å²) in [6, 6.07) is 5.14. The first-order valence-electron chi connectivity index (χ1n) is 5.98. The molecule has 0 unspecified atom stereocenters. The van der Waals surface area contributed by atoms with Crippen LogP contribution in [0.5, 0.6) is 5.75 Å². The van der Waals surface area contributed by atoms with E-state index in [1.54, 1.807) is 25.3 Å². The smallest absolute Gasteiger partial charge is 0.226 e. The number of carbonyl (C=O) groups is 1. The largest absolute Gasteiger partial charge is 0.497 e. The van der Waals surface area contributed by atoms with Crippen molar-refractivity contribution < 1.29 is 14.3 Å². The number of nitrogens with two attached hydrogens (primary N) is 1. The normalized spacial score (nSPS) is 10.1. The van der Waals surface area contributed by atoms with Gasteiger partial charge in [0.15, 0.2) is 0 Å². The van der Waals surface area contributed by atoms with Crippen molar-refractivity contribution in [3.63, 3.8) is 0 Å². The van der Waals surface area contributed by atoms with E-state index < -0.39 is 0 Å². The molecule has 0 saturated carbocycles. The predicted molar refractivity (Wildman–Crippen MR) is 71.8 cm³/mol. The first kappa shape index (κ1) is 14.3. The van der Waals surface area contributed by atoms with E-state index >= 15 is 0 Å². The van der Waals surface area contributed by atoms with Gasteiger partial charge in [0.05, 0.1) is 31.5 Å². The lowest BCUT2D eigenvalue weighted by molar-refractivity contribution is -0.117. The summed E-state index contributed by atoms with van der Waals surface area (Å²) in [5.41, 5.74) is 6.84. The Kier molecular flexibility index (Phi) is 6.00. The molecular formula is C13H20N2O3. The van der Waals surface area contributed by atoms with Gasteiger partial charge in [-0.15, -0.1) is 0 Å². The number of hydrogen-bond donors (Lipinski definition) is 2. The molecule has 0 spiro atoms. The summed E-state index contributed by atoms with van der Waals surface area (Å²) in [6.45, 7) is 3.12. The number of carbonyl (C=O) groups excluding carboxylic acids is 1. The predicted octanol–water partition coefficient (Wildman–Crippen LogP) is 2.03. The molecule has 5 heteroatoms. The van der Waals surface area contributed by atoms with Gasteiger partial charge in [0, 0.05) is 12.7 Å². The van der Waals surface area contributed by atoms with Crippen LogP contribution in [0.15, 0.2) is 18.2 Å². The second-order valence-corrected chi connectivity index (χ2v) is 3.86. The number of ether oxygens (including phenoxy) is 2. The summed E-state index contributed by atoms with van der Waals surface area (Å²) < 4.78 is 10.3. The summed E-state index contributed by atoms with van der Waals surface area (Å²) in [5, 5.41) is 2.74. The highest BCUT2D eigenvalue weighted by Gasteiger charge is 2.06. The number of rotatable bonds is 7. The molecule has 0 aliphatic heterocycles. The van der Waals surface area contributed by atoms with Crippen molar-refractivity contribution >= 4 is 17.3 Å². The summed E-state index contributed by atoms with van der Waals surface area (Å²) in [6.07, 6.45) is 1.26. The maximum Gasteiger partial charge on any atom is 0.226 e. The van der Waals surface area contributed by atoms with Crippen LogP contribution in [0.1, 0.15) is 19.8 Å². The van der Waals surface area contributed by atoms with Gasteiger partial charge in [-0.3, -0.25) is 4.79 Å². The molecule has 1 amide bonds. The maximum absolute atomic E-state index is 11.6. The Hall–Kier alpha value is -1.75. The zero-order valence-corrected chi connectivity index (χ0v) is 10.9. The minimum Gasteiger partial charge on any atom is -0.497 e. The Morgan fingerprint density at radius 1 is 1.39 bits per heavy atom. The van der Waals surface area contributed by atoms with Crippen molar-refractivity contribution in [1.29, 1.82) is 0 Å². The summed E-state index contributed by atoms with van der Waals surface area (Å²) in [5.74, 6) is 0.535. The van der Waals surface area contributed by atoms with Crippen LogP contribution in [0.3, 0.4) is 0 Å². The molecule has 1 rings (SSSR count).